The predicted molar refractivity (Wildman–Crippen MR) is 61.5 cm³/mol. The molecule has 0 saturated heterocycles. The fourth-order valence-corrected chi connectivity index (χ4v) is 1.31. The SMILES string of the molecule is N=C(/C=C(\N)C(F)(F)C(F)(F)C(F)(F)F)c1ccccc1. The van der Waals surface area contributed by atoms with Crippen LogP contribution in [0.2, 0.25) is 0 Å². The van der Waals surface area contributed by atoms with Gasteiger partial charge in [0, 0.05) is 0 Å². The number of nitrogens with one attached hydrogen (secondary N) is 1. The Morgan fingerprint density at radius 1 is 0.952 bits per heavy atom. The van der Waals surface area contributed by atoms with Gasteiger partial charge in [0.25, 0.3) is 0 Å². The Bertz CT molecular complexity index is 546. The zero-order valence-corrected chi connectivity index (χ0v) is 10.2. The van der Waals surface area contributed by atoms with Crippen molar-refractivity contribution in [3.05, 3.63) is 47.7 Å². The van der Waals surface area contributed by atoms with Gasteiger partial charge in [0.15, 0.2) is 0 Å². The van der Waals surface area contributed by atoms with Crippen molar-refractivity contribution in [2.75, 3.05) is 0 Å². The van der Waals surface area contributed by atoms with Crippen molar-refractivity contribution >= 4 is 5.71 Å². The zero-order valence-electron chi connectivity index (χ0n) is 10.2. The molecule has 0 fully saturated rings. The van der Waals surface area contributed by atoms with Crippen molar-refractivity contribution in [1.82, 2.24) is 0 Å². The van der Waals surface area contributed by atoms with Crippen LogP contribution in [0.4, 0.5) is 30.7 Å². The molecule has 0 atom stereocenters. The van der Waals surface area contributed by atoms with E-state index in [1.165, 1.54) is 30.3 Å². The number of nitrogens with two attached hydrogens (primary N) is 1. The molecule has 0 heterocycles. The van der Waals surface area contributed by atoms with E-state index >= 15 is 0 Å². The summed E-state index contributed by atoms with van der Waals surface area (Å²) in [6, 6.07) is 6.96. The molecule has 1 rings (SSSR count). The minimum absolute atomic E-state index is 0.0339. The Morgan fingerprint density at radius 3 is 1.86 bits per heavy atom. The van der Waals surface area contributed by atoms with Gasteiger partial charge in [-0.2, -0.15) is 30.7 Å². The monoisotopic (exact) mass is 314 g/mol. The summed E-state index contributed by atoms with van der Waals surface area (Å²) in [5.74, 6) is -12.0. The van der Waals surface area contributed by atoms with Gasteiger partial charge in [0.05, 0.1) is 11.4 Å². The van der Waals surface area contributed by atoms with E-state index in [-0.39, 0.29) is 11.6 Å². The van der Waals surface area contributed by atoms with E-state index in [1.807, 2.05) is 0 Å². The number of rotatable bonds is 4. The summed E-state index contributed by atoms with van der Waals surface area (Å²) in [5, 5.41) is 7.38. The van der Waals surface area contributed by atoms with Crippen molar-refractivity contribution in [2.45, 2.75) is 18.0 Å². The quantitative estimate of drug-likeness (QED) is 0.646. The Labute approximate surface area is 114 Å². The van der Waals surface area contributed by atoms with E-state index in [9.17, 15) is 30.7 Å². The van der Waals surface area contributed by atoms with Crippen molar-refractivity contribution in [1.29, 1.82) is 5.41 Å². The molecule has 0 aliphatic carbocycles. The minimum Gasteiger partial charge on any atom is -0.397 e. The van der Waals surface area contributed by atoms with Gasteiger partial charge in [0.1, 0.15) is 0 Å². The normalized spacial score (nSPS) is 14.1. The molecule has 21 heavy (non-hydrogen) atoms. The van der Waals surface area contributed by atoms with E-state index in [2.05, 4.69) is 5.73 Å². The summed E-state index contributed by atoms with van der Waals surface area (Å²) in [7, 11) is 0. The third-order valence-corrected chi connectivity index (χ3v) is 2.50. The van der Waals surface area contributed by atoms with Crippen LogP contribution in [0.15, 0.2) is 42.1 Å². The Hall–Kier alpha value is -2.06. The third-order valence-electron chi connectivity index (χ3n) is 2.50. The maximum atomic E-state index is 13.2. The van der Waals surface area contributed by atoms with Crippen LogP contribution in [0.1, 0.15) is 5.56 Å². The van der Waals surface area contributed by atoms with Crippen molar-refractivity contribution in [2.24, 2.45) is 5.73 Å². The zero-order chi connectivity index (χ0) is 16.5. The highest BCUT2D eigenvalue weighted by atomic mass is 19.4. The van der Waals surface area contributed by atoms with Crippen LogP contribution in [0, 0.1) is 5.41 Å². The molecule has 0 aromatic heterocycles. The van der Waals surface area contributed by atoms with Gasteiger partial charge in [-0.05, 0) is 11.6 Å². The maximum Gasteiger partial charge on any atom is 0.460 e. The van der Waals surface area contributed by atoms with Gasteiger partial charge in [-0.1, -0.05) is 30.3 Å². The highest BCUT2D eigenvalue weighted by Gasteiger charge is 2.74. The van der Waals surface area contributed by atoms with Crippen LogP contribution >= 0.6 is 0 Å². The second kappa shape index (κ2) is 5.38. The molecule has 1 aromatic carbocycles. The highest BCUT2D eigenvalue weighted by molar-refractivity contribution is 6.06. The van der Waals surface area contributed by atoms with Crippen LogP contribution in [-0.4, -0.2) is 23.7 Å². The molecule has 9 heteroatoms. The van der Waals surface area contributed by atoms with Crippen molar-refractivity contribution in [3.63, 3.8) is 0 Å². The number of allylic oxidation sites excluding steroid dienone is 2. The summed E-state index contributed by atoms with van der Waals surface area (Å²) < 4.78 is 87.9. The first kappa shape index (κ1) is 17.0. The molecule has 0 aliphatic heterocycles. The average molecular weight is 314 g/mol. The minimum atomic E-state index is -6.47. The lowest BCUT2D eigenvalue weighted by Crippen LogP contribution is -2.54. The second-order valence-corrected chi connectivity index (χ2v) is 4.03. The largest absolute Gasteiger partial charge is 0.460 e. The fourth-order valence-electron chi connectivity index (χ4n) is 1.31. The second-order valence-electron chi connectivity index (χ2n) is 4.03. The van der Waals surface area contributed by atoms with Crippen molar-refractivity contribution < 1.29 is 30.7 Å². The van der Waals surface area contributed by atoms with Crippen LogP contribution in [0.25, 0.3) is 0 Å². The lowest BCUT2D eigenvalue weighted by Gasteiger charge is -2.28. The van der Waals surface area contributed by atoms with Crippen LogP contribution in [-0.2, 0) is 0 Å². The maximum absolute atomic E-state index is 13.2. The first-order valence-electron chi connectivity index (χ1n) is 5.35. The third kappa shape index (κ3) is 3.17. The molecule has 0 aliphatic rings. The molecule has 0 unspecified atom stereocenters. The summed E-state index contributed by atoms with van der Waals surface area (Å²) in [6.45, 7) is 0. The topological polar surface area (TPSA) is 49.9 Å². The van der Waals surface area contributed by atoms with Gasteiger partial charge in [0.2, 0.25) is 0 Å². The standard InChI is InChI=1S/C12H9F7N2/c13-10(14,11(15,16)12(17,18)19)9(21)6-8(20)7-4-2-1-3-5-7/h1-6,20H,21H2/b9-6-,20-8?. The fraction of sp³-hybridized carbons (Fsp3) is 0.250. The van der Waals surface area contributed by atoms with E-state index in [0.717, 1.165) is 0 Å². The molecule has 116 valence electrons. The molecule has 0 bridgehead atoms. The van der Waals surface area contributed by atoms with E-state index < -0.39 is 29.4 Å². The average Bonchev–Trinajstić information content (AvgIpc) is 2.38. The molecule has 0 amide bonds. The number of benzene rings is 1. The lowest BCUT2D eigenvalue weighted by atomic mass is 10.0. The summed E-state index contributed by atoms with van der Waals surface area (Å²) in [5.41, 5.74) is 1.94. The number of halogens is 7. The number of hydrogen-bond donors (Lipinski definition) is 2. The molecule has 2 nitrogen and oxygen atoms in total. The molecule has 3 N–H and O–H groups in total. The summed E-state index contributed by atoms with van der Waals surface area (Å²) >= 11 is 0. The first-order chi connectivity index (χ1) is 9.41. The summed E-state index contributed by atoms with van der Waals surface area (Å²) in [4.78, 5) is 0. The molecular weight excluding hydrogens is 305 g/mol. The van der Waals surface area contributed by atoms with Gasteiger partial charge < -0.3 is 11.1 Å². The van der Waals surface area contributed by atoms with Gasteiger partial charge in [-0.3, -0.25) is 0 Å². The van der Waals surface area contributed by atoms with E-state index in [4.69, 9.17) is 5.41 Å². The molecule has 1 aromatic rings. The predicted octanol–water partition coefficient (Wildman–Crippen LogP) is 3.73. The Kier molecular flexibility index (Phi) is 4.35. The van der Waals surface area contributed by atoms with Crippen LogP contribution in [0.3, 0.4) is 0 Å². The van der Waals surface area contributed by atoms with Gasteiger partial charge >= 0.3 is 18.0 Å². The molecule has 0 radical (unpaired) electrons. The van der Waals surface area contributed by atoms with Crippen molar-refractivity contribution in [3.8, 4) is 0 Å². The van der Waals surface area contributed by atoms with E-state index in [0.29, 0.717) is 0 Å². The summed E-state index contributed by atoms with van der Waals surface area (Å²) in [6.07, 6.45) is -6.39. The highest BCUT2D eigenvalue weighted by Crippen LogP contribution is 2.48. The Balaban J connectivity index is 3.14. The molecule has 0 spiro atoms. The lowest BCUT2D eigenvalue weighted by molar-refractivity contribution is -0.344. The van der Waals surface area contributed by atoms with Gasteiger partial charge in [-0.25, -0.2) is 0 Å². The Morgan fingerprint density at radius 2 is 1.43 bits per heavy atom. The van der Waals surface area contributed by atoms with Crippen LogP contribution < -0.4 is 5.73 Å². The number of alkyl halides is 7. The van der Waals surface area contributed by atoms with Crippen LogP contribution in [0.5, 0.6) is 0 Å². The first-order valence-corrected chi connectivity index (χ1v) is 5.35. The molecular formula is C12H9F7N2. The van der Waals surface area contributed by atoms with Gasteiger partial charge in [-0.15, -0.1) is 0 Å². The van der Waals surface area contributed by atoms with E-state index in [1.54, 1.807) is 0 Å². The molecule has 0 saturated carbocycles. The smallest absolute Gasteiger partial charge is 0.397 e. The number of hydrogen-bond acceptors (Lipinski definition) is 2.